The van der Waals surface area contributed by atoms with E-state index in [9.17, 15) is 9.59 Å². The molecule has 46 heavy (non-hydrogen) atoms. The van der Waals surface area contributed by atoms with Crippen LogP contribution in [0.3, 0.4) is 0 Å². The highest BCUT2D eigenvalue weighted by Gasteiger charge is 2.34. The van der Waals surface area contributed by atoms with Crippen molar-refractivity contribution in [2.24, 2.45) is 4.99 Å². The van der Waals surface area contributed by atoms with E-state index in [0.717, 1.165) is 14.7 Å². The molecule has 0 fully saturated rings. The summed E-state index contributed by atoms with van der Waals surface area (Å²) >= 11 is 3.46. The van der Waals surface area contributed by atoms with Crippen LogP contribution in [0.4, 0.5) is 0 Å². The molecule has 0 N–H and O–H groups in total. The van der Waals surface area contributed by atoms with Crippen molar-refractivity contribution < 1.29 is 28.5 Å². The summed E-state index contributed by atoms with van der Waals surface area (Å²) < 4.78 is 31.6. The number of rotatable bonds is 11. The summed E-state index contributed by atoms with van der Waals surface area (Å²) in [6.07, 6.45) is 1.73. The van der Waals surface area contributed by atoms with Crippen LogP contribution < -0.4 is 33.8 Å². The van der Waals surface area contributed by atoms with Crippen molar-refractivity contribution >= 4 is 46.0 Å². The number of esters is 1. The molecule has 11 heteroatoms. The molecule has 0 bridgehead atoms. The quantitative estimate of drug-likeness (QED) is 0.141. The lowest BCUT2D eigenvalue weighted by Gasteiger charge is -2.25. The number of methoxy groups -OCH3 is 2. The first-order chi connectivity index (χ1) is 22.1. The number of halogens is 1. The molecule has 0 saturated carbocycles. The van der Waals surface area contributed by atoms with Crippen molar-refractivity contribution in [3.63, 3.8) is 0 Å². The van der Waals surface area contributed by atoms with Gasteiger partial charge in [-0.1, -0.05) is 47.7 Å². The van der Waals surface area contributed by atoms with E-state index < -0.39 is 12.0 Å². The Morgan fingerprint density at radius 3 is 2.46 bits per heavy atom. The lowest BCUT2D eigenvalue weighted by Crippen LogP contribution is -2.40. The van der Waals surface area contributed by atoms with Gasteiger partial charge in [0, 0.05) is 0 Å². The van der Waals surface area contributed by atoms with Crippen molar-refractivity contribution in [1.82, 2.24) is 4.57 Å². The largest absolute Gasteiger partial charge is 0.493 e. The molecule has 1 aliphatic heterocycles. The minimum atomic E-state index is -0.789. The van der Waals surface area contributed by atoms with E-state index in [2.05, 4.69) is 27.6 Å². The Bertz CT molecular complexity index is 1960. The van der Waals surface area contributed by atoms with Crippen LogP contribution in [0.1, 0.15) is 50.4 Å². The van der Waals surface area contributed by atoms with Crippen molar-refractivity contribution in [1.29, 1.82) is 0 Å². The highest BCUT2D eigenvalue weighted by Crippen LogP contribution is 2.37. The third-order valence-corrected chi connectivity index (χ3v) is 8.94. The number of carbonyl (C=O) groups is 1. The zero-order valence-electron chi connectivity index (χ0n) is 26.5. The molecule has 1 atom stereocenters. The minimum absolute atomic E-state index is 0.0687. The van der Waals surface area contributed by atoms with E-state index in [4.69, 9.17) is 23.7 Å². The Hall–Kier alpha value is -4.10. The standard InChI is InChI=1S/C35H35IN2O7S/c1-7-43-34(40)30-21(4)37-35-38(31(30)24-13-14-26(45-20(2)3)27(18-24)41-5)33(39)29(46-35)17-23-15-25(36)32(28(16-23)42-6)44-19-22-11-9-8-10-12-22/h8-18,20,31H,7,19H2,1-6H3/b29-17-/t31-/m0/s1. The number of fused-ring (bicyclic) bond motifs is 1. The third kappa shape index (κ3) is 7.00. The van der Waals surface area contributed by atoms with Gasteiger partial charge in [0.05, 0.1) is 52.3 Å². The summed E-state index contributed by atoms with van der Waals surface area (Å²) in [6, 6.07) is 18.3. The Kier molecular flexibility index (Phi) is 10.5. The summed E-state index contributed by atoms with van der Waals surface area (Å²) in [7, 11) is 3.14. The monoisotopic (exact) mass is 754 g/mol. The fourth-order valence-corrected chi connectivity index (χ4v) is 6.98. The molecular formula is C35H35IN2O7S. The second kappa shape index (κ2) is 14.5. The van der Waals surface area contributed by atoms with Crippen LogP contribution in [0, 0.1) is 3.57 Å². The second-order valence-corrected chi connectivity index (χ2v) is 12.9. The molecule has 0 aliphatic carbocycles. The average Bonchev–Trinajstić information content (AvgIpc) is 3.33. The number of carbonyl (C=O) groups excluding carboxylic acids is 1. The fraction of sp³-hybridized carbons (Fsp3) is 0.286. The molecule has 3 aromatic carbocycles. The first-order valence-corrected chi connectivity index (χ1v) is 16.6. The minimum Gasteiger partial charge on any atom is -0.493 e. The van der Waals surface area contributed by atoms with Gasteiger partial charge in [0.25, 0.3) is 5.56 Å². The molecule has 0 unspecified atom stereocenters. The summed E-state index contributed by atoms with van der Waals surface area (Å²) in [5.41, 5.74) is 2.94. The van der Waals surface area contributed by atoms with Gasteiger partial charge in [-0.2, -0.15) is 0 Å². The molecule has 5 rings (SSSR count). The number of allylic oxidation sites excluding steroid dienone is 1. The van der Waals surface area contributed by atoms with Gasteiger partial charge in [0.1, 0.15) is 6.61 Å². The van der Waals surface area contributed by atoms with Gasteiger partial charge >= 0.3 is 5.97 Å². The molecule has 0 radical (unpaired) electrons. The summed E-state index contributed by atoms with van der Waals surface area (Å²) in [5.74, 6) is 1.69. The van der Waals surface area contributed by atoms with Crippen LogP contribution in [0.15, 0.2) is 81.7 Å². The SMILES string of the molecule is CCOC(=O)C1=C(C)N=c2s/c(=C\c3cc(I)c(OCc4ccccc4)c(OC)c3)c(=O)n2[C@H]1c1ccc(OC(C)C)c(OC)c1. The number of benzene rings is 3. The highest BCUT2D eigenvalue weighted by molar-refractivity contribution is 14.1. The Labute approximate surface area is 284 Å². The molecular weight excluding hydrogens is 719 g/mol. The summed E-state index contributed by atoms with van der Waals surface area (Å²) in [5, 5.41) is 0. The maximum absolute atomic E-state index is 14.2. The van der Waals surface area contributed by atoms with Crippen LogP contribution >= 0.6 is 33.9 Å². The normalized spacial score (nSPS) is 14.5. The van der Waals surface area contributed by atoms with Gasteiger partial charge in [-0.25, -0.2) is 9.79 Å². The number of thiazole rings is 1. The predicted octanol–water partition coefficient (Wildman–Crippen LogP) is 5.79. The molecule has 0 amide bonds. The maximum atomic E-state index is 14.2. The number of nitrogens with zero attached hydrogens (tertiary/aromatic N) is 2. The Morgan fingerprint density at radius 2 is 1.78 bits per heavy atom. The van der Waals surface area contributed by atoms with E-state index in [0.29, 0.717) is 50.2 Å². The van der Waals surface area contributed by atoms with Crippen LogP contribution in [-0.2, 0) is 16.1 Å². The second-order valence-electron chi connectivity index (χ2n) is 10.7. The molecule has 0 spiro atoms. The van der Waals surface area contributed by atoms with Gasteiger partial charge in [-0.05, 0) is 97.3 Å². The van der Waals surface area contributed by atoms with Crippen molar-refractivity contribution in [3.8, 4) is 23.0 Å². The highest BCUT2D eigenvalue weighted by atomic mass is 127. The van der Waals surface area contributed by atoms with Gasteiger partial charge in [-0.15, -0.1) is 0 Å². The Balaban J connectivity index is 1.61. The van der Waals surface area contributed by atoms with E-state index in [1.165, 1.54) is 11.3 Å². The number of hydrogen-bond donors (Lipinski definition) is 0. The zero-order valence-corrected chi connectivity index (χ0v) is 29.4. The Morgan fingerprint density at radius 1 is 1.04 bits per heavy atom. The van der Waals surface area contributed by atoms with Gasteiger partial charge in [-0.3, -0.25) is 9.36 Å². The molecule has 1 aliphatic rings. The average molecular weight is 755 g/mol. The van der Waals surface area contributed by atoms with Gasteiger partial charge < -0.3 is 23.7 Å². The molecule has 0 saturated heterocycles. The maximum Gasteiger partial charge on any atom is 0.338 e. The van der Waals surface area contributed by atoms with Gasteiger partial charge in [0.2, 0.25) is 0 Å². The molecule has 240 valence electrons. The first kappa shape index (κ1) is 33.3. The lowest BCUT2D eigenvalue weighted by atomic mass is 9.95. The van der Waals surface area contributed by atoms with Crippen LogP contribution in [0.25, 0.3) is 6.08 Å². The van der Waals surface area contributed by atoms with Crippen LogP contribution in [0.2, 0.25) is 0 Å². The number of ether oxygens (including phenoxy) is 5. The third-order valence-electron chi connectivity index (χ3n) is 7.16. The molecule has 2 heterocycles. The topological polar surface area (TPSA) is 97.6 Å². The van der Waals surface area contributed by atoms with E-state index in [1.54, 1.807) is 50.8 Å². The predicted molar refractivity (Wildman–Crippen MR) is 186 cm³/mol. The van der Waals surface area contributed by atoms with Gasteiger partial charge in [0.15, 0.2) is 27.8 Å². The fourth-order valence-electron chi connectivity index (χ4n) is 5.16. The van der Waals surface area contributed by atoms with E-state index in [-0.39, 0.29) is 23.8 Å². The zero-order chi connectivity index (χ0) is 33.0. The first-order valence-electron chi connectivity index (χ1n) is 14.7. The summed E-state index contributed by atoms with van der Waals surface area (Å²) in [4.78, 5) is 32.6. The van der Waals surface area contributed by atoms with E-state index >= 15 is 0 Å². The van der Waals surface area contributed by atoms with Crippen LogP contribution in [0.5, 0.6) is 23.0 Å². The summed E-state index contributed by atoms with van der Waals surface area (Å²) in [6.45, 7) is 7.93. The number of aromatic nitrogens is 1. The van der Waals surface area contributed by atoms with Crippen molar-refractivity contribution in [3.05, 3.63) is 112 Å². The van der Waals surface area contributed by atoms with E-state index in [1.807, 2.05) is 62.4 Å². The molecule has 1 aromatic heterocycles. The number of hydrogen-bond acceptors (Lipinski definition) is 9. The molecule has 9 nitrogen and oxygen atoms in total. The van der Waals surface area contributed by atoms with Crippen LogP contribution in [-0.4, -0.2) is 37.5 Å². The van der Waals surface area contributed by atoms with Crippen molar-refractivity contribution in [2.75, 3.05) is 20.8 Å². The smallest absolute Gasteiger partial charge is 0.338 e. The van der Waals surface area contributed by atoms with Crippen molar-refractivity contribution in [2.45, 2.75) is 46.4 Å². The lowest BCUT2D eigenvalue weighted by molar-refractivity contribution is -0.139. The molecule has 4 aromatic rings.